The SMILES string of the molecule is C=C(N=C(C)c1cc(C)n(Cc2ccc(CI)nc2)n1)c1ccc(C(C)(C)F)cc1. The first-order valence-electron chi connectivity index (χ1n) is 9.76. The van der Waals surface area contributed by atoms with Crippen LogP contribution in [0.5, 0.6) is 0 Å². The average Bonchev–Trinajstić information content (AvgIpc) is 3.08. The van der Waals surface area contributed by atoms with Crippen molar-refractivity contribution in [2.45, 2.75) is 44.3 Å². The molecule has 1 aromatic carbocycles. The van der Waals surface area contributed by atoms with Crippen LogP contribution in [0, 0.1) is 6.92 Å². The maximum Gasteiger partial charge on any atom is 0.130 e. The molecule has 0 fully saturated rings. The minimum atomic E-state index is -1.37. The molecule has 0 bridgehead atoms. The second kappa shape index (κ2) is 9.20. The van der Waals surface area contributed by atoms with Crippen molar-refractivity contribution in [2.24, 2.45) is 4.99 Å². The lowest BCUT2D eigenvalue weighted by Gasteiger charge is -2.14. The van der Waals surface area contributed by atoms with Gasteiger partial charge in [0.1, 0.15) is 11.4 Å². The van der Waals surface area contributed by atoms with Gasteiger partial charge in [0.15, 0.2) is 0 Å². The van der Waals surface area contributed by atoms with E-state index in [-0.39, 0.29) is 0 Å². The zero-order valence-electron chi connectivity index (χ0n) is 17.8. The lowest BCUT2D eigenvalue weighted by molar-refractivity contribution is 0.221. The number of hydrogen-bond donors (Lipinski definition) is 0. The van der Waals surface area contributed by atoms with Crippen molar-refractivity contribution in [3.63, 3.8) is 0 Å². The predicted octanol–water partition coefficient (Wildman–Crippen LogP) is 6.25. The third-order valence-corrected chi connectivity index (χ3v) is 5.70. The van der Waals surface area contributed by atoms with E-state index in [1.165, 1.54) is 0 Å². The molecule has 0 spiro atoms. The van der Waals surface area contributed by atoms with Gasteiger partial charge in [0.2, 0.25) is 0 Å². The van der Waals surface area contributed by atoms with Gasteiger partial charge >= 0.3 is 0 Å². The van der Waals surface area contributed by atoms with Gasteiger partial charge in [0, 0.05) is 16.3 Å². The predicted molar refractivity (Wildman–Crippen MR) is 130 cm³/mol. The molecule has 0 saturated heterocycles. The fourth-order valence-electron chi connectivity index (χ4n) is 3.03. The number of alkyl halides is 2. The van der Waals surface area contributed by atoms with Crippen LogP contribution < -0.4 is 0 Å². The zero-order chi connectivity index (χ0) is 21.9. The van der Waals surface area contributed by atoms with Crippen LogP contribution in [0.4, 0.5) is 4.39 Å². The van der Waals surface area contributed by atoms with Gasteiger partial charge < -0.3 is 0 Å². The van der Waals surface area contributed by atoms with Crippen LogP contribution in [-0.4, -0.2) is 20.5 Å². The van der Waals surface area contributed by atoms with Gasteiger partial charge in [-0.1, -0.05) is 59.5 Å². The van der Waals surface area contributed by atoms with E-state index in [2.05, 4.69) is 45.2 Å². The lowest BCUT2D eigenvalue weighted by atomic mass is 9.98. The summed E-state index contributed by atoms with van der Waals surface area (Å²) in [5, 5.41) is 4.71. The van der Waals surface area contributed by atoms with Crippen molar-refractivity contribution in [2.75, 3.05) is 0 Å². The molecule has 0 atom stereocenters. The van der Waals surface area contributed by atoms with Crippen LogP contribution in [0.15, 0.2) is 60.2 Å². The molecule has 0 aliphatic rings. The smallest absolute Gasteiger partial charge is 0.130 e. The van der Waals surface area contributed by atoms with Crippen molar-refractivity contribution in [3.05, 3.63) is 89.0 Å². The molecule has 3 aromatic rings. The Labute approximate surface area is 191 Å². The number of rotatable bonds is 7. The van der Waals surface area contributed by atoms with E-state index in [4.69, 9.17) is 5.10 Å². The fourth-order valence-corrected chi connectivity index (χ4v) is 3.48. The molecule has 0 amide bonds. The maximum atomic E-state index is 14.1. The molecule has 0 N–H and O–H groups in total. The van der Waals surface area contributed by atoms with E-state index < -0.39 is 5.67 Å². The van der Waals surface area contributed by atoms with E-state index in [0.29, 0.717) is 17.8 Å². The molecule has 2 aromatic heterocycles. The standard InChI is InChI=1S/C24H26FIN4/c1-16-12-23(29-30(16)15-19-6-11-22(13-26)27-14-19)18(3)28-17(2)20-7-9-21(10-8-20)24(4,5)25/h6-12,14H,2,13,15H2,1,3-5H3. The number of hydrogen-bond acceptors (Lipinski definition) is 3. The highest BCUT2D eigenvalue weighted by Crippen LogP contribution is 2.26. The third-order valence-electron chi connectivity index (χ3n) is 4.91. The molecule has 0 aliphatic carbocycles. The van der Waals surface area contributed by atoms with Gasteiger partial charge in [-0.15, -0.1) is 0 Å². The Bertz CT molecular complexity index is 1060. The Morgan fingerprint density at radius 1 is 1.20 bits per heavy atom. The molecule has 0 aliphatic heterocycles. The first kappa shape index (κ1) is 22.3. The molecule has 156 valence electrons. The monoisotopic (exact) mass is 516 g/mol. The van der Waals surface area contributed by atoms with E-state index in [9.17, 15) is 4.39 Å². The number of halogens is 2. The number of aliphatic imine (C=N–C) groups is 1. The first-order chi connectivity index (χ1) is 14.2. The van der Waals surface area contributed by atoms with Crippen LogP contribution in [0.1, 0.15) is 54.5 Å². The van der Waals surface area contributed by atoms with Crippen molar-refractivity contribution < 1.29 is 4.39 Å². The molecule has 30 heavy (non-hydrogen) atoms. The minimum Gasteiger partial charge on any atom is -0.265 e. The van der Waals surface area contributed by atoms with E-state index in [0.717, 1.165) is 38.3 Å². The summed E-state index contributed by atoms with van der Waals surface area (Å²) in [6.45, 7) is 11.8. The minimum absolute atomic E-state index is 0.626. The Morgan fingerprint density at radius 3 is 2.47 bits per heavy atom. The van der Waals surface area contributed by atoms with E-state index >= 15 is 0 Å². The molecule has 0 saturated carbocycles. The van der Waals surface area contributed by atoms with Crippen LogP contribution >= 0.6 is 22.6 Å². The van der Waals surface area contributed by atoms with Crippen molar-refractivity contribution in [3.8, 4) is 0 Å². The van der Waals surface area contributed by atoms with Crippen LogP contribution in [0.2, 0.25) is 0 Å². The molecule has 3 rings (SSSR count). The highest BCUT2D eigenvalue weighted by atomic mass is 127. The Morgan fingerprint density at radius 2 is 1.90 bits per heavy atom. The van der Waals surface area contributed by atoms with Crippen molar-refractivity contribution in [1.82, 2.24) is 14.8 Å². The van der Waals surface area contributed by atoms with E-state index in [1.807, 2.05) is 49.0 Å². The summed E-state index contributed by atoms with van der Waals surface area (Å²) >= 11 is 2.31. The van der Waals surface area contributed by atoms with Gasteiger partial charge in [-0.2, -0.15) is 5.10 Å². The number of benzene rings is 1. The Kier molecular flexibility index (Phi) is 6.85. The highest BCUT2D eigenvalue weighted by molar-refractivity contribution is 14.1. The summed E-state index contributed by atoms with van der Waals surface area (Å²) in [7, 11) is 0. The number of pyridine rings is 1. The number of aromatic nitrogens is 3. The number of nitrogens with zero attached hydrogens (tertiary/aromatic N) is 4. The molecule has 4 nitrogen and oxygen atoms in total. The molecular weight excluding hydrogens is 490 g/mol. The molecule has 0 radical (unpaired) electrons. The Balaban J connectivity index is 1.76. The summed E-state index contributed by atoms with van der Waals surface area (Å²) in [5.74, 6) is 0. The van der Waals surface area contributed by atoms with Gasteiger partial charge in [-0.3, -0.25) is 14.7 Å². The quantitative estimate of drug-likeness (QED) is 0.212. The van der Waals surface area contributed by atoms with Crippen molar-refractivity contribution in [1.29, 1.82) is 0 Å². The molecule has 6 heteroatoms. The van der Waals surface area contributed by atoms with Crippen LogP contribution in [-0.2, 0) is 16.6 Å². The summed E-state index contributed by atoms with van der Waals surface area (Å²) in [6.07, 6.45) is 1.90. The van der Waals surface area contributed by atoms with Gasteiger partial charge in [-0.05, 0) is 56.5 Å². The largest absolute Gasteiger partial charge is 0.265 e. The molecular formula is C24H26FIN4. The topological polar surface area (TPSA) is 43.1 Å². The number of aryl methyl sites for hydroxylation is 1. The third kappa shape index (κ3) is 5.41. The summed E-state index contributed by atoms with van der Waals surface area (Å²) in [4.78, 5) is 9.08. The van der Waals surface area contributed by atoms with Gasteiger partial charge in [0.05, 0.1) is 23.6 Å². The average molecular weight is 516 g/mol. The molecule has 0 unspecified atom stereocenters. The second-order valence-electron chi connectivity index (χ2n) is 7.81. The second-order valence-corrected chi connectivity index (χ2v) is 8.58. The first-order valence-corrected chi connectivity index (χ1v) is 11.3. The van der Waals surface area contributed by atoms with Crippen LogP contribution in [0.3, 0.4) is 0 Å². The lowest BCUT2D eigenvalue weighted by Crippen LogP contribution is -2.08. The summed E-state index contributed by atoms with van der Waals surface area (Å²) in [5.41, 5.74) is 5.59. The maximum absolute atomic E-state index is 14.1. The van der Waals surface area contributed by atoms with Crippen LogP contribution in [0.25, 0.3) is 5.70 Å². The Hall–Kier alpha value is -2.35. The van der Waals surface area contributed by atoms with E-state index in [1.54, 1.807) is 26.0 Å². The normalized spacial score (nSPS) is 12.3. The summed E-state index contributed by atoms with van der Waals surface area (Å²) < 4.78 is 16.9. The summed E-state index contributed by atoms with van der Waals surface area (Å²) in [6, 6.07) is 13.4. The van der Waals surface area contributed by atoms with Crippen molar-refractivity contribution >= 4 is 34.0 Å². The highest BCUT2D eigenvalue weighted by Gasteiger charge is 2.18. The fraction of sp³-hybridized carbons (Fsp3) is 0.292. The van der Waals surface area contributed by atoms with Gasteiger partial charge in [-0.25, -0.2) is 4.39 Å². The van der Waals surface area contributed by atoms with Gasteiger partial charge in [0.25, 0.3) is 0 Å². The zero-order valence-corrected chi connectivity index (χ0v) is 19.9. The molecule has 2 heterocycles.